The van der Waals surface area contributed by atoms with Crippen LogP contribution in [0.15, 0.2) is 51.0 Å². The van der Waals surface area contributed by atoms with Crippen LogP contribution in [0, 0.1) is 0 Å². The molecule has 1 saturated heterocycles. The Morgan fingerprint density at radius 1 is 1.00 bits per heavy atom. The molecule has 33 heavy (non-hydrogen) atoms. The van der Waals surface area contributed by atoms with Crippen LogP contribution < -0.4 is 5.32 Å². The zero-order valence-corrected chi connectivity index (χ0v) is 18.5. The van der Waals surface area contributed by atoms with Crippen molar-refractivity contribution in [2.24, 2.45) is 0 Å². The van der Waals surface area contributed by atoms with E-state index in [1.165, 1.54) is 0 Å². The molecule has 4 heterocycles. The minimum atomic E-state index is -1.82. The molecule has 3 aromatic heterocycles. The molecular weight excluding hydrogens is 452 g/mol. The van der Waals surface area contributed by atoms with Crippen LogP contribution in [0.3, 0.4) is 0 Å². The van der Waals surface area contributed by atoms with E-state index in [-0.39, 0.29) is 5.91 Å². The van der Waals surface area contributed by atoms with Gasteiger partial charge in [0.2, 0.25) is 5.91 Å². The summed E-state index contributed by atoms with van der Waals surface area (Å²) in [5.41, 5.74) is 0.895. The maximum atomic E-state index is 12.1. The number of aliphatic carboxylic acids is 2. The largest absolute Gasteiger partial charge is 0.473 e. The van der Waals surface area contributed by atoms with Crippen molar-refractivity contribution in [2.45, 2.75) is 13.1 Å². The van der Waals surface area contributed by atoms with Gasteiger partial charge in [-0.3, -0.25) is 14.6 Å². The number of nitrogens with zero attached hydrogens (tertiary/aromatic N) is 3. The summed E-state index contributed by atoms with van der Waals surface area (Å²) in [5.74, 6) is -2.04. The Bertz CT molecular complexity index is 1010. The Morgan fingerprint density at radius 2 is 1.67 bits per heavy atom. The van der Waals surface area contributed by atoms with Gasteiger partial charge in [0.1, 0.15) is 16.5 Å². The Labute approximate surface area is 193 Å². The van der Waals surface area contributed by atoms with Gasteiger partial charge in [0, 0.05) is 31.6 Å². The predicted octanol–water partition coefficient (Wildman–Crippen LogP) is 1.59. The Morgan fingerprint density at radius 3 is 2.27 bits per heavy atom. The number of hydrogen-bond donors (Lipinski definition) is 3. The quantitative estimate of drug-likeness (QED) is 0.429. The second kappa shape index (κ2) is 11.9. The predicted molar refractivity (Wildman–Crippen MR) is 117 cm³/mol. The number of thiazole rings is 1. The molecule has 0 spiro atoms. The molecule has 1 aliphatic heterocycles. The first-order valence-corrected chi connectivity index (χ1v) is 11.0. The van der Waals surface area contributed by atoms with Crippen LogP contribution in [0.4, 0.5) is 0 Å². The zero-order valence-electron chi connectivity index (χ0n) is 17.7. The van der Waals surface area contributed by atoms with Gasteiger partial charge < -0.3 is 24.4 Å². The molecule has 3 aromatic rings. The summed E-state index contributed by atoms with van der Waals surface area (Å²) in [4.78, 5) is 39.5. The van der Waals surface area contributed by atoms with Gasteiger partial charge in [-0.1, -0.05) is 0 Å². The van der Waals surface area contributed by atoms with Gasteiger partial charge in [0.05, 0.1) is 32.2 Å². The summed E-state index contributed by atoms with van der Waals surface area (Å²) in [5, 5.41) is 20.8. The third kappa shape index (κ3) is 7.86. The van der Waals surface area contributed by atoms with E-state index in [0.29, 0.717) is 13.1 Å². The standard InChI is InChI=1S/C19H22N4O3S.C2H2O4/c24-18(20-11-15-3-1-9-25-15)12-22-5-7-23(8-6-22)13-19-21-16(14-27-19)17-4-2-10-26-17;3-1(4)2(5)6/h1-4,9-10,14H,5-8,11-13H2,(H,20,24);(H,3,4)(H,5,6). The third-order valence-corrected chi connectivity index (χ3v) is 5.57. The van der Waals surface area contributed by atoms with E-state index in [0.717, 1.165) is 54.9 Å². The van der Waals surface area contributed by atoms with E-state index in [4.69, 9.17) is 28.6 Å². The number of carboxylic acids is 2. The zero-order chi connectivity index (χ0) is 23.6. The molecule has 12 heteroatoms. The molecule has 4 rings (SSSR count). The minimum Gasteiger partial charge on any atom is -0.473 e. The second-order valence-corrected chi connectivity index (χ2v) is 8.07. The molecule has 0 saturated carbocycles. The summed E-state index contributed by atoms with van der Waals surface area (Å²) in [6.45, 7) is 5.32. The summed E-state index contributed by atoms with van der Waals surface area (Å²) in [7, 11) is 0. The highest BCUT2D eigenvalue weighted by Crippen LogP contribution is 2.23. The number of carbonyl (C=O) groups excluding carboxylic acids is 1. The van der Waals surface area contributed by atoms with E-state index >= 15 is 0 Å². The molecule has 1 fully saturated rings. The highest BCUT2D eigenvalue weighted by Gasteiger charge is 2.20. The molecule has 3 N–H and O–H groups in total. The van der Waals surface area contributed by atoms with Crippen LogP contribution >= 0.6 is 11.3 Å². The summed E-state index contributed by atoms with van der Waals surface area (Å²) < 4.78 is 10.6. The van der Waals surface area contributed by atoms with Crippen molar-refractivity contribution in [3.05, 3.63) is 52.9 Å². The normalized spacial score (nSPS) is 14.3. The first kappa shape index (κ1) is 24.2. The SMILES string of the molecule is O=C(CN1CCN(Cc2nc(-c3ccco3)cs2)CC1)NCc1ccco1.O=C(O)C(=O)O. The topological polar surface area (TPSA) is 149 Å². The van der Waals surface area contributed by atoms with Gasteiger partial charge in [0.15, 0.2) is 5.76 Å². The molecule has 0 bridgehead atoms. The lowest BCUT2D eigenvalue weighted by molar-refractivity contribution is -0.159. The fourth-order valence-electron chi connectivity index (χ4n) is 3.08. The van der Waals surface area contributed by atoms with Crippen LogP contribution in [-0.2, 0) is 27.5 Å². The molecule has 1 amide bonds. The monoisotopic (exact) mass is 476 g/mol. The fourth-order valence-corrected chi connectivity index (χ4v) is 3.90. The first-order chi connectivity index (χ1) is 15.9. The third-order valence-electron chi connectivity index (χ3n) is 4.74. The maximum Gasteiger partial charge on any atom is 0.414 e. The summed E-state index contributed by atoms with van der Waals surface area (Å²) in [6, 6.07) is 7.47. The van der Waals surface area contributed by atoms with Gasteiger partial charge in [-0.2, -0.15) is 0 Å². The molecule has 0 aliphatic carbocycles. The molecule has 0 atom stereocenters. The molecule has 11 nitrogen and oxygen atoms in total. The van der Waals surface area contributed by atoms with Crippen molar-refractivity contribution in [3.63, 3.8) is 0 Å². The highest BCUT2D eigenvalue weighted by molar-refractivity contribution is 7.09. The maximum absolute atomic E-state index is 12.1. The molecule has 0 aromatic carbocycles. The van der Waals surface area contributed by atoms with Crippen LogP contribution in [0.1, 0.15) is 10.8 Å². The van der Waals surface area contributed by atoms with Gasteiger partial charge in [-0.25, -0.2) is 14.6 Å². The number of carbonyl (C=O) groups is 3. The number of nitrogens with one attached hydrogen (secondary N) is 1. The van der Waals surface area contributed by atoms with E-state index < -0.39 is 11.9 Å². The van der Waals surface area contributed by atoms with Crippen molar-refractivity contribution < 1.29 is 33.4 Å². The van der Waals surface area contributed by atoms with Crippen molar-refractivity contribution in [2.75, 3.05) is 32.7 Å². The van der Waals surface area contributed by atoms with E-state index in [2.05, 4.69) is 20.1 Å². The highest BCUT2D eigenvalue weighted by atomic mass is 32.1. The Balaban J connectivity index is 0.000000454. The van der Waals surface area contributed by atoms with Crippen molar-refractivity contribution in [3.8, 4) is 11.5 Å². The molecule has 1 aliphatic rings. The van der Waals surface area contributed by atoms with Crippen LogP contribution in [0.2, 0.25) is 0 Å². The number of piperazine rings is 1. The van der Waals surface area contributed by atoms with Crippen LogP contribution in [0.25, 0.3) is 11.5 Å². The van der Waals surface area contributed by atoms with Crippen LogP contribution in [0.5, 0.6) is 0 Å². The number of furan rings is 2. The van der Waals surface area contributed by atoms with Crippen molar-refractivity contribution in [1.29, 1.82) is 0 Å². The smallest absolute Gasteiger partial charge is 0.414 e. The molecule has 0 unspecified atom stereocenters. The van der Waals surface area contributed by atoms with E-state index in [1.54, 1.807) is 23.9 Å². The Hall–Kier alpha value is -3.48. The number of amides is 1. The van der Waals surface area contributed by atoms with E-state index in [9.17, 15) is 4.79 Å². The van der Waals surface area contributed by atoms with Gasteiger partial charge >= 0.3 is 11.9 Å². The lowest BCUT2D eigenvalue weighted by atomic mass is 10.3. The first-order valence-electron chi connectivity index (χ1n) is 10.1. The second-order valence-electron chi connectivity index (χ2n) is 7.12. The Kier molecular flexibility index (Phi) is 8.75. The van der Waals surface area contributed by atoms with Crippen molar-refractivity contribution >= 4 is 29.2 Å². The average Bonchev–Trinajstić information content (AvgIpc) is 3.56. The fraction of sp³-hybridized carbons (Fsp3) is 0.333. The van der Waals surface area contributed by atoms with Crippen LogP contribution in [-0.4, -0.2) is 75.6 Å². The summed E-state index contributed by atoms with van der Waals surface area (Å²) >= 11 is 1.66. The lowest BCUT2D eigenvalue weighted by Crippen LogP contribution is -2.49. The van der Waals surface area contributed by atoms with Crippen molar-refractivity contribution in [1.82, 2.24) is 20.1 Å². The number of aromatic nitrogens is 1. The average molecular weight is 477 g/mol. The molecule has 176 valence electrons. The van der Waals surface area contributed by atoms with Gasteiger partial charge in [-0.05, 0) is 24.3 Å². The number of hydrogen-bond acceptors (Lipinski definition) is 9. The van der Waals surface area contributed by atoms with Gasteiger partial charge in [0.25, 0.3) is 0 Å². The molecular formula is C21H24N4O7S. The number of carboxylic acid groups (broad SMARTS) is 2. The summed E-state index contributed by atoms with van der Waals surface area (Å²) in [6.07, 6.45) is 3.28. The molecule has 0 radical (unpaired) electrons. The minimum absolute atomic E-state index is 0.0304. The van der Waals surface area contributed by atoms with Gasteiger partial charge in [-0.15, -0.1) is 11.3 Å². The van der Waals surface area contributed by atoms with E-state index in [1.807, 2.05) is 29.6 Å². The number of rotatable bonds is 7. The lowest BCUT2D eigenvalue weighted by Gasteiger charge is -2.33.